The van der Waals surface area contributed by atoms with Crippen molar-refractivity contribution < 1.29 is 58.7 Å². The number of hydrogen-bond acceptors (Lipinski definition) is 15. The van der Waals surface area contributed by atoms with Crippen molar-refractivity contribution in [2.75, 3.05) is 34.3 Å². The maximum absolute atomic E-state index is 14.2. The molecule has 3 saturated heterocycles. The molecule has 15 nitrogen and oxygen atoms in total. The summed E-state index contributed by atoms with van der Waals surface area (Å²) in [5.41, 5.74) is -0.111. The number of hydrogen-bond donors (Lipinski definition) is 7. The van der Waals surface area contributed by atoms with Gasteiger partial charge in [0.2, 0.25) is 0 Å². The molecule has 0 unspecified atom stereocenters. The zero-order chi connectivity index (χ0) is 40.4. The lowest BCUT2D eigenvalue weighted by atomic mass is 9.75. The molecule has 3 heterocycles. The minimum absolute atomic E-state index is 0.0417. The molecule has 0 aromatic carbocycles. The molecule has 15 heteroatoms. The largest absolute Gasteiger partial charge is 0.459 e. The van der Waals surface area contributed by atoms with E-state index in [-0.39, 0.29) is 43.9 Å². The van der Waals surface area contributed by atoms with Crippen LogP contribution in [0.1, 0.15) is 94.9 Å². The summed E-state index contributed by atoms with van der Waals surface area (Å²) in [5.74, 6) is -2.71. The van der Waals surface area contributed by atoms with E-state index in [1.165, 1.54) is 14.0 Å². The van der Waals surface area contributed by atoms with Crippen LogP contribution >= 0.6 is 0 Å². The number of aliphatic hydroxyl groups is 5. The second kappa shape index (κ2) is 18.0. The molecule has 8 N–H and O–H groups in total. The minimum atomic E-state index is -1.82. The SMILES string of the molecule is CC[C@H]1OC(=O)[C@H](C)[C@@H](O[C@H]2C[C@@](C)(OC)[C@](O)(CN)[C@H](C)O2)[C@H](C)[C@@H](O[C@@H]2O[C@H](C)C[C@H](N(C)C)[C@H]2O)[C@](C)(O)C[C@@H](C)CN[C@H](C)[C@@H](O)[C@]1(C)O. The van der Waals surface area contributed by atoms with Crippen molar-refractivity contribution in [2.45, 2.75) is 185 Å². The van der Waals surface area contributed by atoms with Crippen molar-refractivity contribution in [1.29, 1.82) is 0 Å². The first-order valence-corrected chi connectivity index (χ1v) is 19.4. The van der Waals surface area contributed by atoms with E-state index in [9.17, 15) is 30.3 Å². The quantitative estimate of drug-likeness (QED) is 0.171. The summed E-state index contributed by atoms with van der Waals surface area (Å²) in [7, 11) is 5.23. The Morgan fingerprint density at radius 1 is 0.981 bits per heavy atom. The summed E-state index contributed by atoms with van der Waals surface area (Å²) in [6, 6.07) is -0.884. The molecule has 0 amide bonds. The van der Waals surface area contributed by atoms with Gasteiger partial charge in [-0.05, 0) is 94.3 Å². The number of nitrogens with one attached hydrogen (secondary N) is 1. The molecule has 3 fully saturated rings. The number of esters is 1. The molecule has 0 bridgehead atoms. The number of aliphatic hydroxyl groups excluding tert-OH is 2. The van der Waals surface area contributed by atoms with Crippen molar-refractivity contribution >= 4 is 5.97 Å². The van der Waals surface area contributed by atoms with Crippen molar-refractivity contribution in [2.24, 2.45) is 23.5 Å². The second-order valence-electron chi connectivity index (χ2n) is 17.2. The number of likely N-dealkylation sites (N-methyl/N-ethyl adjacent to an activating group) is 1. The number of methoxy groups -OCH3 is 1. The van der Waals surface area contributed by atoms with E-state index in [1.807, 2.05) is 32.8 Å². The summed E-state index contributed by atoms with van der Waals surface area (Å²) >= 11 is 0. The van der Waals surface area contributed by atoms with Crippen LogP contribution in [0.5, 0.6) is 0 Å². The predicted octanol–water partition coefficient (Wildman–Crippen LogP) is 0.887. The van der Waals surface area contributed by atoms with E-state index >= 15 is 0 Å². The molecule has 0 aliphatic carbocycles. The van der Waals surface area contributed by atoms with E-state index in [2.05, 4.69) is 5.32 Å². The van der Waals surface area contributed by atoms with Gasteiger partial charge in [-0.15, -0.1) is 0 Å². The first kappa shape index (κ1) is 46.3. The van der Waals surface area contributed by atoms with Crippen LogP contribution in [0.25, 0.3) is 0 Å². The van der Waals surface area contributed by atoms with Crippen LogP contribution in [0, 0.1) is 17.8 Å². The van der Waals surface area contributed by atoms with Gasteiger partial charge in [-0.3, -0.25) is 4.79 Å². The first-order chi connectivity index (χ1) is 24.4. The fourth-order valence-electron chi connectivity index (χ4n) is 8.80. The summed E-state index contributed by atoms with van der Waals surface area (Å²) in [6.07, 6.45) is -7.80. The molecule has 3 aliphatic rings. The van der Waals surface area contributed by atoms with Gasteiger partial charge in [-0.1, -0.05) is 20.8 Å². The Morgan fingerprint density at radius 2 is 1.60 bits per heavy atom. The highest BCUT2D eigenvalue weighted by Gasteiger charge is 2.58. The molecule has 3 aliphatic heterocycles. The Morgan fingerprint density at radius 3 is 2.15 bits per heavy atom. The monoisotopic (exact) mass is 764 g/mol. The van der Waals surface area contributed by atoms with Gasteiger partial charge in [0.25, 0.3) is 0 Å². The Kier molecular flexibility index (Phi) is 15.8. The number of nitrogens with two attached hydrogens (primary N) is 1. The Balaban J connectivity index is 2.17. The zero-order valence-corrected chi connectivity index (χ0v) is 34.4. The highest BCUT2D eigenvalue weighted by atomic mass is 16.7. The van der Waals surface area contributed by atoms with E-state index < -0.39 is 95.5 Å². The van der Waals surface area contributed by atoms with E-state index in [0.717, 1.165) is 0 Å². The molecule has 53 heavy (non-hydrogen) atoms. The van der Waals surface area contributed by atoms with Gasteiger partial charge in [-0.2, -0.15) is 0 Å². The first-order valence-electron chi connectivity index (χ1n) is 19.4. The molecule has 18 atom stereocenters. The van der Waals surface area contributed by atoms with Gasteiger partial charge in [0.05, 0.1) is 35.9 Å². The number of cyclic esters (lactones) is 1. The molecule has 0 radical (unpaired) electrons. The molecule has 0 spiro atoms. The third kappa shape index (κ3) is 9.92. The number of carbonyl (C=O) groups excluding carboxylic acids is 1. The fraction of sp³-hybridized carbons (Fsp3) is 0.974. The third-order valence-electron chi connectivity index (χ3n) is 12.5. The second-order valence-corrected chi connectivity index (χ2v) is 17.2. The fourth-order valence-corrected chi connectivity index (χ4v) is 8.80. The average Bonchev–Trinajstić information content (AvgIpc) is 3.08. The summed E-state index contributed by atoms with van der Waals surface area (Å²) in [4.78, 5) is 16.1. The maximum atomic E-state index is 14.2. The minimum Gasteiger partial charge on any atom is -0.459 e. The van der Waals surface area contributed by atoms with Crippen molar-refractivity contribution in [3.8, 4) is 0 Å². The standard InChI is InChI=1S/C38H73N3O12/c1-14-27-37(10,46)31(43)24(6)40-18-20(2)16-35(8,45)32(53-34-29(42)26(41(11)12)15-21(3)49-34)22(4)30(23(5)33(44)51-27)52-28-17-36(9,48-13)38(47,19-39)25(7)50-28/h20-32,34,40,42-43,45-47H,14-19,39H2,1-13H3/t20-,21-,22+,23-,24-,25+,26+,27-,28+,29-,30+,31-,32-,34+,35-,36-,37-,38+/m1/s1. The lowest BCUT2D eigenvalue weighted by Gasteiger charge is -2.53. The van der Waals surface area contributed by atoms with Crippen LogP contribution in [0.15, 0.2) is 0 Å². The van der Waals surface area contributed by atoms with Crippen LogP contribution in [0.4, 0.5) is 0 Å². The van der Waals surface area contributed by atoms with Crippen LogP contribution in [-0.2, 0) is 33.2 Å². The molecular weight excluding hydrogens is 690 g/mol. The molecule has 0 aromatic heterocycles. The Bertz CT molecular complexity index is 1180. The lowest BCUT2D eigenvalue weighted by Crippen LogP contribution is -2.69. The predicted molar refractivity (Wildman–Crippen MR) is 198 cm³/mol. The average molecular weight is 764 g/mol. The Labute approximate surface area is 317 Å². The molecule has 0 saturated carbocycles. The lowest BCUT2D eigenvalue weighted by molar-refractivity contribution is -0.335. The summed E-state index contributed by atoms with van der Waals surface area (Å²) in [5, 5.41) is 61.8. The normalized spacial score (nSPS) is 49.9. The van der Waals surface area contributed by atoms with Gasteiger partial charge >= 0.3 is 5.97 Å². The summed E-state index contributed by atoms with van der Waals surface area (Å²) < 4.78 is 37.7. The van der Waals surface area contributed by atoms with Crippen LogP contribution in [-0.4, -0.2) is 160 Å². The Hall–Kier alpha value is -1.05. The third-order valence-corrected chi connectivity index (χ3v) is 12.5. The highest BCUT2D eigenvalue weighted by molar-refractivity contribution is 5.73. The number of carbonyl (C=O) groups is 1. The van der Waals surface area contributed by atoms with Crippen LogP contribution < -0.4 is 11.1 Å². The van der Waals surface area contributed by atoms with Crippen LogP contribution in [0.3, 0.4) is 0 Å². The zero-order valence-electron chi connectivity index (χ0n) is 34.4. The van der Waals surface area contributed by atoms with Gasteiger partial charge in [-0.25, -0.2) is 0 Å². The van der Waals surface area contributed by atoms with E-state index in [1.54, 1.807) is 48.5 Å². The maximum Gasteiger partial charge on any atom is 0.311 e. The summed E-state index contributed by atoms with van der Waals surface area (Å²) in [6.45, 7) is 17.5. The van der Waals surface area contributed by atoms with Gasteiger partial charge in [0, 0.05) is 38.1 Å². The van der Waals surface area contributed by atoms with Crippen molar-refractivity contribution in [3.63, 3.8) is 0 Å². The van der Waals surface area contributed by atoms with Gasteiger partial charge < -0.3 is 69.9 Å². The van der Waals surface area contributed by atoms with Crippen molar-refractivity contribution in [3.05, 3.63) is 0 Å². The number of rotatable bonds is 8. The smallest absolute Gasteiger partial charge is 0.311 e. The topological polar surface area (TPSA) is 215 Å². The number of nitrogens with zero attached hydrogens (tertiary/aromatic N) is 1. The molecule has 0 aromatic rings. The van der Waals surface area contributed by atoms with Crippen LogP contribution in [0.2, 0.25) is 0 Å². The highest BCUT2D eigenvalue weighted by Crippen LogP contribution is 2.43. The van der Waals surface area contributed by atoms with E-state index in [0.29, 0.717) is 13.0 Å². The molecular formula is C38H73N3O12. The van der Waals surface area contributed by atoms with Crippen molar-refractivity contribution in [1.82, 2.24) is 10.2 Å². The number of ether oxygens (including phenoxy) is 6. The van der Waals surface area contributed by atoms with Gasteiger partial charge in [0.15, 0.2) is 12.6 Å². The molecule has 312 valence electrons. The van der Waals surface area contributed by atoms with Gasteiger partial charge in [0.1, 0.15) is 35.1 Å². The molecule has 3 rings (SSSR count). The van der Waals surface area contributed by atoms with E-state index in [4.69, 9.17) is 34.2 Å².